The molecule has 0 aliphatic carbocycles. The van der Waals surface area contributed by atoms with Crippen molar-refractivity contribution in [3.8, 4) is 5.75 Å². The summed E-state index contributed by atoms with van der Waals surface area (Å²) in [6, 6.07) is 14.6. The summed E-state index contributed by atoms with van der Waals surface area (Å²) >= 11 is 1.80. The van der Waals surface area contributed by atoms with Crippen LogP contribution in [0.15, 0.2) is 63.5 Å². The minimum absolute atomic E-state index is 0.446. The molecule has 0 N–H and O–H groups in total. The Morgan fingerprint density at radius 3 is 2.26 bits per heavy atom. The number of ether oxygens (including phenoxy) is 5. The molecular weight excluding hydrogens is 464 g/mol. The number of hydrogen-bond donors (Lipinski definition) is 0. The van der Waals surface area contributed by atoms with Gasteiger partial charge in [0, 0.05) is 11.4 Å². The average molecular weight is 499 g/mol. The number of rotatable bonds is 2. The van der Waals surface area contributed by atoms with E-state index in [2.05, 4.69) is 59.3 Å². The van der Waals surface area contributed by atoms with Crippen molar-refractivity contribution in [1.29, 1.82) is 0 Å². The van der Waals surface area contributed by atoms with Crippen LogP contribution in [0.2, 0.25) is 0 Å². The van der Waals surface area contributed by atoms with Crippen LogP contribution in [0, 0.1) is 0 Å². The average Bonchev–Trinajstić information content (AvgIpc) is 3.25. The van der Waals surface area contributed by atoms with Crippen LogP contribution in [-0.2, 0) is 18.9 Å². The highest BCUT2D eigenvalue weighted by atomic mass is 32.2. The lowest BCUT2D eigenvalue weighted by atomic mass is 10.2. The quantitative estimate of drug-likeness (QED) is 0.631. The maximum absolute atomic E-state index is 6.06. The molecule has 0 saturated carbocycles. The fourth-order valence-corrected chi connectivity index (χ4v) is 4.88. The molecule has 0 amide bonds. The van der Waals surface area contributed by atoms with Crippen molar-refractivity contribution in [2.45, 2.75) is 11.8 Å². The first kappa shape index (κ1) is 25.7. The molecule has 2 aromatic rings. The van der Waals surface area contributed by atoms with E-state index in [0.717, 1.165) is 22.9 Å². The van der Waals surface area contributed by atoms with E-state index in [1.807, 2.05) is 12.1 Å². The van der Waals surface area contributed by atoms with Gasteiger partial charge in [-0.25, -0.2) is 0 Å². The van der Waals surface area contributed by atoms with Gasteiger partial charge in [-0.15, -0.1) is 0 Å². The molecule has 2 heterocycles. The summed E-state index contributed by atoms with van der Waals surface area (Å²) in [6.45, 7) is 8.40. The van der Waals surface area contributed by atoms with E-state index in [1.54, 1.807) is 11.8 Å². The summed E-state index contributed by atoms with van der Waals surface area (Å²) in [4.78, 5) is 8.31. The third-order valence-corrected chi connectivity index (χ3v) is 6.60. The number of allylic oxidation sites excluding steroid dienone is 1. The first-order valence-corrected chi connectivity index (χ1v) is 13.0. The predicted octanol–water partition coefficient (Wildman–Crippen LogP) is 3.02. The number of nitrogens with zero attached hydrogens (tertiary/aromatic N) is 2. The number of fused-ring (bicyclic) bond motifs is 2. The van der Waals surface area contributed by atoms with Gasteiger partial charge in [0.05, 0.1) is 75.5 Å². The molecule has 2 aliphatic rings. The second-order valence-electron chi connectivity index (χ2n) is 7.89. The molecule has 0 aromatic heterocycles. The van der Waals surface area contributed by atoms with Crippen molar-refractivity contribution in [2.75, 3.05) is 77.5 Å². The molecule has 2 aromatic carbocycles. The molecule has 0 radical (unpaired) electrons. The zero-order valence-corrected chi connectivity index (χ0v) is 21.1. The highest BCUT2D eigenvalue weighted by Gasteiger charge is 2.22. The van der Waals surface area contributed by atoms with Gasteiger partial charge in [0.2, 0.25) is 0 Å². The molecule has 0 bridgehead atoms. The van der Waals surface area contributed by atoms with Gasteiger partial charge in [-0.05, 0) is 42.5 Å². The maximum Gasteiger partial charge on any atom is 0.145 e. The van der Waals surface area contributed by atoms with Gasteiger partial charge in [-0.2, -0.15) is 0 Å². The number of hydrogen-bond acceptors (Lipinski definition) is 8. The highest BCUT2D eigenvalue weighted by Crippen LogP contribution is 2.45. The van der Waals surface area contributed by atoms with Crippen molar-refractivity contribution in [3.63, 3.8) is 0 Å². The zero-order valence-electron chi connectivity index (χ0n) is 20.3. The van der Waals surface area contributed by atoms with Gasteiger partial charge in [-0.1, -0.05) is 36.0 Å². The predicted molar refractivity (Wildman–Crippen MR) is 139 cm³/mol. The fourth-order valence-electron chi connectivity index (χ4n) is 3.75. The molecule has 0 unspecified atom stereocenters. The summed E-state index contributed by atoms with van der Waals surface area (Å²) < 4.78 is 28.3. The second-order valence-corrected chi connectivity index (χ2v) is 8.95. The summed E-state index contributed by atoms with van der Waals surface area (Å²) in [5.74, 6) is 0.746. The van der Waals surface area contributed by atoms with E-state index in [4.69, 9.17) is 23.7 Å². The van der Waals surface area contributed by atoms with Gasteiger partial charge in [0.25, 0.3) is 0 Å². The van der Waals surface area contributed by atoms with Crippen molar-refractivity contribution >= 4 is 23.5 Å². The van der Waals surface area contributed by atoms with Gasteiger partial charge in [0.1, 0.15) is 12.4 Å². The molecule has 8 heteroatoms. The smallest absolute Gasteiger partial charge is 0.145 e. The Hall–Kier alpha value is -2.36. The molecule has 0 atom stereocenters. The zero-order chi connectivity index (χ0) is 24.1. The second kappa shape index (κ2) is 14.3. The van der Waals surface area contributed by atoms with E-state index in [9.17, 15) is 0 Å². The highest BCUT2D eigenvalue weighted by molar-refractivity contribution is 8.03. The molecular formula is C27H34N2O5S. The molecule has 0 saturated heterocycles. The molecule has 2 aliphatic heterocycles. The van der Waals surface area contributed by atoms with Crippen LogP contribution >= 0.6 is 11.8 Å². The first-order chi connectivity index (χ1) is 17.3. The standard InChI is InChI=1S/C27H34N2O5S/c1-2-29-24-5-3-4-6-26(24)35-27(29)10-8-22-7-9-23-25(21-22)34-20-19-33-18-17-32-16-15-31-14-13-30-12-11-28-23/h3-10,21H,2,11-20H2,1H3. The minimum atomic E-state index is 0.446. The maximum atomic E-state index is 6.06. The van der Waals surface area contributed by atoms with Crippen LogP contribution in [0.5, 0.6) is 5.75 Å². The van der Waals surface area contributed by atoms with Crippen LogP contribution in [0.1, 0.15) is 6.92 Å². The summed E-state index contributed by atoms with van der Waals surface area (Å²) in [7, 11) is 0. The lowest BCUT2D eigenvalue weighted by Gasteiger charge is -2.17. The van der Waals surface area contributed by atoms with E-state index < -0.39 is 0 Å². The van der Waals surface area contributed by atoms with Crippen molar-refractivity contribution in [2.24, 2.45) is 4.99 Å². The molecule has 188 valence electrons. The lowest BCUT2D eigenvalue weighted by Crippen LogP contribution is -2.19. The van der Waals surface area contributed by atoms with E-state index >= 15 is 0 Å². The van der Waals surface area contributed by atoms with E-state index in [-0.39, 0.29) is 0 Å². The Balaban J connectivity index is 1.49. The number of benzene rings is 2. The van der Waals surface area contributed by atoms with E-state index in [1.165, 1.54) is 15.6 Å². The number of para-hydroxylation sites is 1. The Morgan fingerprint density at radius 1 is 0.829 bits per heavy atom. The molecule has 35 heavy (non-hydrogen) atoms. The van der Waals surface area contributed by atoms with Gasteiger partial charge >= 0.3 is 0 Å². The van der Waals surface area contributed by atoms with Gasteiger partial charge in [0.15, 0.2) is 0 Å². The molecule has 0 spiro atoms. The van der Waals surface area contributed by atoms with Crippen molar-refractivity contribution in [1.82, 2.24) is 0 Å². The third-order valence-electron chi connectivity index (χ3n) is 5.47. The SMILES string of the molecule is CCN1C(=CC=c2ccc3c(c2)OCCOCCOCCOCCOCCN=3)Sc2ccccc21. The van der Waals surface area contributed by atoms with Gasteiger partial charge < -0.3 is 28.6 Å². The van der Waals surface area contributed by atoms with Crippen LogP contribution in [-0.4, -0.2) is 72.6 Å². The summed E-state index contributed by atoms with van der Waals surface area (Å²) in [6.07, 6.45) is 4.30. The molecule has 4 rings (SSSR count). The normalized spacial score (nSPS) is 20.3. The molecule has 7 nitrogen and oxygen atoms in total. The lowest BCUT2D eigenvalue weighted by molar-refractivity contribution is -0.00421. The van der Waals surface area contributed by atoms with Crippen LogP contribution in [0.3, 0.4) is 0 Å². The van der Waals surface area contributed by atoms with Gasteiger partial charge in [-0.3, -0.25) is 4.99 Å². The monoisotopic (exact) mass is 498 g/mol. The minimum Gasteiger partial charge on any atom is -0.489 e. The summed E-state index contributed by atoms with van der Waals surface area (Å²) in [5, 5.41) is 3.09. The topological polar surface area (TPSA) is 61.8 Å². The Morgan fingerprint density at radius 2 is 1.51 bits per heavy atom. The number of thioether (sulfide) groups is 1. The van der Waals surface area contributed by atoms with Crippen molar-refractivity contribution < 1.29 is 23.7 Å². The van der Waals surface area contributed by atoms with Crippen LogP contribution in [0.25, 0.3) is 6.08 Å². The Kier molecular flexibility index (Phi) is 10.5. The first-order valence-electron chi connectivity index (χ1n) is 12.2. The van der Waals surface area contributed by atoms with Crippen LogP contribution < -0.4 is 20.2 Å². The Labute approximate surface area is 211 Å². The largest absolute Gasteiger partial charge is 0.489 e. The molecule has 0 fully saturated rings. The van der Waals surface area contributed by atoms with Crippen LogP contribution in [0.4, 0.5) is 5.69 Å². The fraction of sp³-hybridized carbons (Fsp3) is 0.444. The number of anilines is 1. The Bertz CT molecular complexity index is 1090. The van der Waals surface area contributed by atoms with Crippen molar-refractivity contribution in [3.05, 3.63) is 64.1 Å². The summed E-state index contributed by atoms with van der Waals surface area (Å²) in [5.41, 5.74) is 1.27. The third kappa shape index (κ3) is 7.81. The van der Waals surface area contributed by atoms with E-state index in [0.29, 0.717) is 66.0 Å².